The predicted octanol–water partition coefficient (Wildman–Crippen LogP) is 3.03. The van der Waals surface area contributed by atoms with E-state index in [0.29, 0.717) is 18.2 Å². The minimum Gasteiger partial charge on any atom is -0.388 e. The van der Waals surface area contributed by atoms with E-state index in [1.54, 1.807) is 0 Å². The molecule has 26 heavy (non-hydrogen) atoms. The number of anilines is 1. The van der Waals surface area contributed by atoms with E-state index < -0.39 is 6.10 Å². The first-order valence-corrected chi connectivity index (χ1v) is 9.40. The molecule has 6 rings (SSSR count). The first kappa shape index (κ1) is 14.7. The van der Waals surface area contributed by atoms with Gasteiger partial charge in [0.25, 0.3) is 0 Å². The number of hydrogen-bond acceptors (Lipinski definition) is 6. The van der Waals surface area contributed by atoms with E-state index in [0.717, 1.165) is 71.4 Å². The van der Waals surface area contributed by atoms with E-state index in [1.165, 1.54) is 6.33 Å². The molecule has 3 heterocycles. The first-order valence-electron chi connectivity index (χ1n) is 9.40. The molecule has 3 N–H and O–H groups in total. The average Bonchev–Trinajstić information content (AvgIpc) is 3.53. The minimum absolute atomic E-state index is 0.0607. The SMILES string of the molecule is CC1(n2c3c(c4c(N)ncnc42)-c2noc(C4CC4)c2C(O)CC3)CC1. The van der Waals surface area contributed by atoms with Gasteiger partial charge in [0.1, 0.15) is 29.2 Å². The van der Waals surface area contributed by atoms with Crippen molar-refractivity contribution >= 4 is 16.9 Å². The third-order valence-corrected chi connectivity index (χ3v) is 6.32. The molecule has 1 atom stereocenters. The lowest BCUT2D eigenvalue weighted by Crippen LogP contribution is -2.16. The molecular weight excluding hydrogens is 330 g/mol. The Morgan fingerprint density at radius 1 is 1.27 bits per heavy atom. The van der Waals surface area contributed by atoms with Gasteiger partial charge in [0.2, 0.25) is 0 Å². The molecule has 3 aliphatic rings. The van der Waals surface area contributed by atoms with Gasteiger partial charge in [-0.3, -0.25) is 0 Å². The normalized spacial score (nSPS) is 23.5. The van der Waals surface area contributed by atoms with Crippen LogP contribution in [0.15, 0.2) is 10.9 Å². The van der Waals surface area contributed by atoms with Gasteiger partial charge in [-0.15, -0.1) is 0 Å². The van der Waals surface area contributed by atoms with Gasteiger partial charge in [0.15, 0.2) is 0 Å². The first-order chi connectivity index (χ1) is 12.6. The average molecular weight is 351 g/mol. The number of aromatic nitrogens is 4. The second-order valence-corrected chi connectivity index (χ2v) is 8.25. The van der Waals surface area contributed by atoms with Crippen LogP contribution in [-0.4, -0.2) is 24.8 Å². The molecular formula is C19H21N5O2. The molecule has 7 heteroatoms. The maximum atomic E-state index is 10.9. The van der Waals surface area contributed by atoms with Crippen LogP contribution >= 0.6 is 0 Å². The summed E-state index contributed by atoms with van der Waals surface area (Å²) in [6.45, 7) is 2.26. The molecule has 3 aromatic rings. The smallest absolute Gasteiger partial charge is 0.146 e. The van der Waals surface area contributed by atoms with Gasteiger partial charge in [-0.1, -0.05) is 5.16 Å². The Bertz CT molecular complexity index is 1060. The highest BCUT2D eigenvalue weighted by Crippen LogP contribution is 2.53. The lowest BCUT2D eigenvalue weighted by Gasteiger charge is -2.17. The quantitative estimate of drug-likeness (QED) is 0.735. The summed E-state index contributed by atoms with van der Waals surface area (Å²) < 4.78 is 8.05. The maximum absolute atomic E-state index is 10.9. The molecule has 1 unspecified atom stereocenters. The van der Waals surface area contributed by atoms with Crippen LogP contribution in [-0.2, 0) is 12.0 Å². The standard InChI is InChI=1S/C19H21N5O2/c1-19(6-7-19)24-10-4-5-11(25)13-15(23-26-16(13)9-2-3-9)12(10)14-17(20)21-8-22-18(14)24/h8-9,11,25H,2-7H2,1H3,(H2,20,21,22). The Morgan fingerprint density at radius 3 is 2.81 bits per heavy atom. The summed E-state index contributed by atoms with van der Waals surface area (Å²) >= 11 is 0. The van der Waals surface area contributed by atoms with Crippen molar-refractivity contribution in [3.8, 4) is 11.3 Å². The number of rotatable bonds is 2. The monoisotopic (exact) mass is 351 g/mol. The van der Waals surface area contributed by atoms with Gasteiger partial charge in [0, 0.05) is 22.7 Å². The lowest BCUT2D eigenvalue weighted by molar-refractivity contribution is 0.165. The number of nitrogens with two attached hydrogens (primary N) is 1. The minimum atomic E-state index is -0.555. The summed E-state index contributed by atoms with van der Waals surface area (Å²) in [6, 6.07) is 0. The van der Waals surface area contributed by atoms with E-state index >= 15 is 0 Å². The van der Waals surface area contributed by atoms with Gasteiger partial charge < -0.3 is 19.9 Å². The summed E-state index contributed by atoms with van der Waals surface area (Å²) in [6.07, 6.45) is 6.85. The molecule has 0 aliphatic heterocycles. The number of aliphatic hydroxyl groups is 1. The number of fused-ring (bicyclic) bond motifs is 5. The van der Waals surface area contributed by atoms with E-state index in [1.807, 2.05) is 0 Å². The summed E-state index contributed by atoms with van der Waals surface area (Å²) in [7, 11) is 0. The Labute approximate surface area is 150 Å². The maximum Gasteiger partial charge on any atom is 0.146 e. The molecule has 0 radical (unpaired) electrons. The zero-order valence-electron chi connectivity index (χ0n) is 14.7. The van der Waals surface area contributed by atoms with Crippen LogP contribution in [0.1, 0.15) is 68.1 Å². The van der Waals surface area contributed by atoms with Crippen molar-refractivity contribution in [3.63, 3.8) is 0 Å². The van der Waals surface area contributed by atoms with Gasteiger partial charge in [-0.05, 0) is 45.4 Å². The van der Waals surface area contributed by atoms with Crippen LogP contribution in [0.3, 0.4) is 0 Å². The predicted molar refractivity (Wildman–Crippen MR) is 95.6 cm³/mol. The van der Waals surface area contributed by atoms with Crippen molar-refractivity contribution < 1.29 is 9.63 Å². The Kier molecular flexibility index (Phi) is 2.63. The van der Waals surface area contributed by atoms with Gasteiger partial charge in [-0.25, -0.2) is 9.97 Å². The van der Waals surface area contributed by atoms with Crippen LogP contribution < -0.4 is 5.73 Å². The Morgan fingerprint density at radius 2 is 2.08 bits per heavy atom. The van der Waals surface area contributed by atoms with Crippen molar-refractivity contribution in [1.82, 2.24) is 19.7 Å². The summed E-state index contributed by atoms with van der Waals surface area (Å²) in [4.78, 5) is 8.82. The van der Waals surface area contributed by atoms with Gasteiger partial charge >= 0.3 is 0 Å². The molecule has 0 saturated heterocycles. The zero-order chi connectivity index (χ0) is 17.6. The molecule has 0 aromatic carbocycles. The molecule has 3 aliphatic carbocycles. The van der Waals surface area contributed by atoms with E-state index in [-0.39, 0.29) is 5.54 Å². The third kappa shape index (κ3) is 1.79. The fraction of sp³-hybridized carbons (Fsp3) is 0.526. The number of aliphatic hydroxyl groups excluding tert-OH is 1. The van der Waals surface area contributed by atoms with E-state index in [9.17, 15) is 5.11 Å². The molecule has 2 fully saturated rings. The number of nitrogen functional groups attached to an aromatic ring is 1. The van der Waals surface area contributed by atoms with Crippen LogP contribution in [0.2, 0.25) is 0 Å². The van der Waals surface area contributed by atoms with Crippen LogP contribution in [0, 0.1) is 0 Å². The highest BCUT2D eigenvalue weighted by atomic mass is 16.5. The molecule has 134 valence electrons. The second kappa shape index (κ2) is 4.65. The molecule has 2 saturated carbocycles. The third-order valence-electron chi connectivity index (χ3n) is 6.32. The van der Waals surface area contributed by atoms with Crippen molar-refractivity contribution in [3.05, 3.63) is 23.3 Å². The summed E-state index contributed by atoms with van der Waals surface area (Å²) in [5, 5.41) is 16.1. The number of nitrogens with zero attached hydrogens (tertiary/aromatic N) is 4. The largest absolute Gasteiger partial charge is 0.388 e. The molecule has 0 bridgehead atoms. The van der Waals surface area contributed by atoms with Crippen molar-refractivity contribution in [2.75, 3.05) is 5.73 Å². The van der Waals surface area contributed by atoms with Crippen molar-refractivity contribution in [1.29, 1.82) is 0 Å². The topological polar surface area (TPSA) is 103 Å². The van der Waals surface area contributed by atoms with E-state index in [4.69, 9.17) is 10.3 Å². The summed E-state index contributed by atoms with van der Waals surface area (Å²) in [5.74, 6) is 1.72. The molecule has 3 aromatic heterocycles. The Balaban J connectivity index is 1.73. The highest BCUT2D eigenvalue weighted by Gasteiger charge is 2.45. The lowest BCUT2D eigenvalue weighted by atomic mass is 10.0. The Hall–Kier alpha value is -2.41. The fourth-order valence-electron chi connectivity index (χ4n) is 4.53. The molecule has 0 amide bonds. The van der Waals surface area contributed by atoms with Gasteiger partial charge in [0.05, 0.1) is 17.1 Å². The molecule has 7 nitrogen and oxygen atoms in total. The fourth-order valence-corrected chi connectivity index (χ4v) is 4.53. The number of hydrogen-bond donors (Lipinski definition) is 2. The van der Waals surface area contributed by atoms with Crippen LogP contribution in [0.25, 0.3) is 22.3 Å². The second-order valence-electron chi connectivity index (χ2n) is 8.25. The van der Waals surface area contributed by atoms with Crippen molar-refractivity contribution in [2.45, 2.75) is 63.0 Å². The van der Waals surface area contributed by atoms with Gasteiger partial charge in [-0.2, -0.15) is 0 Å². The zero-order valence-corrected chi connectivity index (χ0v) is 14.7. The molecule has 0 spiro atoms. The summed E-state index contributed by atoms with van der Waals surface area (Å²) in [5.41, 5.74) is 10.9. The van der Waals surface area contributed by atoms with E-state index in [2.05, 4.69) is 26.6 Å². The highest BCUT2D eigenvalue weighted by molar-refractivity contribution is 6.02. The van der Waals surface area contributed by atoms with Crippen LogP contribution in [0.4, 0.5) is 5.82 Å². The van der Waals surface area contributed by atoms with Crippen LogP contribution in [0.5, 0.6) is 0 Å². The van der Waals surface area contributed by atoms with Crippen molar-refractivity contribution in [2.24, 2.45) is 0 Å².